The van der Waals surface area contributed by atoms with Crippen molar-refractivity contribution in [1.29, 1.82) is 0 Å². The average Bonchev–Trinajstić information content (AvgIpc) is 1.85. The van der Waals surface area contributed by atoms with Crippen LogP contribution in [0.3, 0.4) is 0 Å². The lowest BCUT2D eigenvalue weighted by atomic mass is 9.95. The predicted molar refractivity (Wildman–Crippen MR) is 46.4 cm³/mol. The molecule has 0 saturated carbocycles. The predicted octanol–water partition coefficient (Wildman–Crippen LogP) is 1.47. The molecular formula is C9H18O2. The van der Waals surface area contributed by atoms with Crippen molar-refractivity contribution in [3.8, 4) is 0 Å². The Morgan fingerprint density at radius 3 is 2.27 bits per heavy atom. The minimum Gasteiger partial charge on any atom is -0.390 e. The summed E-state index contributed by atoms with van der Waals surface area (Å²) < 4.78 is 0. The second-order valence-electron chi connectivity index (χ2n) is 3.48. The van der Waals surface area contributed by atoms with E-state index < -0.39 is 11.7 Å². The van der Waals surface area contributed by atoms with E-state index in [9.17, 15) is 10.2 Å². The van der Waals surface area contributed by atoms with Gasteiger partial charge in [0.05, 0.1) is 11.7 Å². The second kappa shape index (κ2) is 3.88. The fraction of sp³-hybridized carbons (Fsp3) is 0.778. The molecule has 2 nitrogen and oxygen atoms in total. The van der Waals surface area contributed by atoms with E-state index in [0.29, 0.717) is 6.42 Å². The number of rotatable bonds is 4. The Bertz CT molecular complexity index is 133. The molecule has 0 bridgehead atoms. The van der Waals surface area contributed by atoms with Crippen LogP contribution in [0.4, 0.5) is 0 Å². The first-order valence-electron chi connectivity index (χ1n) is 3.95. The number of hydrogen-bond donors (Lipinski definition) is 2. The smallest absolute Gasteiger partial charge is 0.0858 e. The van der Waals surface area contributed by atoms with Crippen LogP contribution >= 0.6 is 0 Å². The third-order valence-corrected chi connectivity index (χ3v) is 1.80. The molecule has 0 aromatic heterocycles. The topological polar surface area (TPSA) is 40.5 Å². The van der Waals surface area contributed by atoms with Gasteiger partial charge < -0.3 is 10.2 Å². The van der Waals surface area contributed by atoms with Gasteiger partial charge in [0.1, 0.15) is 0 Å². The molecule has 0 aromatic rings. The first-order valence-corrected chi connectivity index (χ1v) is 3.95. The maximum Gasteiger partial charge on any atom is 0.0858 e. The van der Waals surface area contributed by atoms with Gasteiger partial charge in [-0.25, -0.2) is 0 Å². The van der Waals surface area contributed by atoms with Crippen LogP contribution in [0.1, 0.15) is 33.6 Å². The van der Waals surface area contributed by atoms with Gasteiger partial charge in [0.15, 0.2) is 0 Å². The zero-order valence-corrected chi connectivity index (χ0v) is 7.59. The number of aliphatic hydroxyl groups excluding tert-OH is 1. The molecule has 0 aliphatic carbocycles. The van der Waals surface area contributed by atoms with E-state index in [1.165, 1.54) is 0 Å². The van der Waals surface area contributed by atoms with Crippen molar-refractivity contribution < 1.29 is 10.2 Å². The van der Waals surface area contributed by atoms with Gasteiger partial charge >= 0.3 is 0 Å². The first kappa shape index (κ1) is 10.7. The van der Waals surface area contributed by atoms with E-state index in [2.05, 4.69) is 6.58 Å². The Balaban J connectivity index is 3.87. The van der Waals surface area contributed by atoms with Gasteiger partial charge in [0.2, 0.25) is 0 Å². The van der Waals surface area contributed by atoms with Crippen molar-refractivity contribution in [3.63, 3.8) is 0 Å². The molecule has 0 aliphatic rings. The number of aliphatic hydroxyl groups is 2. The summed E-state index contributed by atoms with van der Waals surface area (Å²) in [5, 5.41) is 18.7. The van der Waals surface area contributed by atoms with Crippen molar-refractivity contribution in [3.05, 3.63) is 12.2 Å². The molecule has 11 heavy (non-hydrogen) atoms. The third-order valence-electron chi connectivity index (χ3n) is 1.80. The van der Waals surface area contributed by atoms with Crippen molar-refractivity contribution in [2.75, 3.05) is 0 Å². The first-order chi connectivity index (χ1) is 4.88. The summed E-state index contributed by atoms with van der Waals surface area (Å²) in [4.78, 5) is 0. The average molecular weight is 158 g/mol. The molecule has 0 amide bonds. The van der Waals surface area contributed by atoms with Crippen molar-refractivity contribution in [2.45, 2.75) is 45.3 Å². The molecule has 0 heterocycles. The van der Waals surface area contributed by atoms with Gasteiger partial charge in [-0.3, -0.25) is 0 Å². The summed E-state index contributed by atoms with van der Waals surface area (Å²) in [5.74, 6) is 0. The minimum absolute atomic E-state index is 0.486. The quantitative estimate of drug-likeness (QED) is 0.608. The second-order valence-corrected chi connectivity index (χ2v) is 3.48. The molecule has 0 fully saturated rings. The lowest BCUT2D eigenvalue weighted by Gasteiger charge is -2.24. The third kappa shape index (κ3) is 4.17. The summed E-state index contributed by atoms with van der Waals surface area (Å²) in [6, 6.07) is 0. The standard InChI is InChI=1S/C9H18O2/c1-5-7(2)6-8(10)9(3,4)11/h8,10-11H,2,5-6H2,1,3-4H3. The van der Waals surface area contributed by atoms with E-state index in [0.717, 1.165) is 12.0 Å². The van der Waals surface area contributed by atoms with Gasteiger partial charge in [-0.05, 0) is 26.7 Å². The van der Waals surface area contributed by atoms with Crippen LogP contribution in [0.2, 0.25) is 0 Å². The highest BCUT2D eigenvalue weighted by molar-refractivity contribution is 4.97. The molecule has 0 spiro atoms. The molecule has 0 rings (SSSR count). The molecule has 1 atom stereocenters. The zero-order chi connectivity index (χ0) is 9.07. The normalized spacial score (nSPS) is 14.6. The minimum atomic E-state index is -1.02. The molecule has 66 valence electrons. The highest BCUT2D eigenvalue weighted by Crippen LogP contribution is 2.16. The van der Waals surface area contributed by atoms with Gasteiger partial charge in [-0.2, -0.15) is 0 Å². The van der Waals surface area contributed by atoms with Crippen LogP contribution < -0.4 is 0 Å². The molecule has 2 N–H and O–H groups in total. The Morgan fingerprint density at radius 1 is 1.55 bits per heavy atom. The monoisotopic (exact) mass is 158 g/mol. The summed E-state index contributed by atoms with van der Waals surface area (Å²) in [6.45, 7) is 8.94. The fourth-order valence-electron chi connectivity index (χ4n) is 0.668. The molecule has 0 aliphatic heterocycles. The van der Waals surface area contributed by atoms with E-state index in [1.54, 1.807) is 13.8 Å². The highest BCUT2D eigenvalue weighted by atomic mass is 16.3. The molecule has 0 aromatic carbocycles. The Hall–Kier alpha value is -0.340. The van der Waals surface area contributed by atoms with Gasteiger partial charge in [-0.15, -0.1) is 0 Å². The van der Waals surface area contributed by atoms with Gasteiger partial charge in [-0.1, -0.05) is 19.1 Å². The van der Waals surface area contributed by atoms with Crippen LogP contribution in [-0.4, -0.2) is 21.9 Å². The zero-order valence-electron chi connectivity index (χ0n) is 7.59. The van der Waals surface area contributed by atoms with Crippen molar-refractivity contribution in [2.24, 2.45) is 0 Å². The van der Waals surface area contributed by atoms with Crippen LogP contribution in [0, 0.1) is 0 Å². The van der Waals surface area contributed by atoms with E-state index in [-0.39, 0.29) is 0 Å². The van der Waals surface area contributed by atoms with E-state index >= 15 is 0 Å². The Kier molecular flexibility index (Phi) is 3.76. The summed E-state index contributed by atoms with van der Waals surface area (Å²) in [7, 11) is 0. The van der Waals surface area contributed by atoms with E-state index in [1.807, 2.05) is 6.92 Å². The maximum absolute atomic E-state index is 9.38. The van der Waals surface area contributed by atoms with Crippen molar-refractivity contribution in [1.82, 2.24) is 0 Å². The largest absolute Gasteiger partial charge is 0.390 e. The van der Waals surface area contributed by atoms with Gasteiger partial charge in [0.25, 0.3) is 0 Å². The van der Waals surface area contributed by atoms with Crippen molar-refractivity contribution >= 4 is 0 Å². The SMILES string of the molecule is C=C(CC)CC(O)C(C)(C)O. The molecule has 1 unspecified atom stereocenters. The fourth-order valence-corrected chi connectivity index (χ4v) is 0.668. The summed E-state index contributed by atoms with van der Waals surface area (Å²) in [5.41, 5.74) is -0.0439. The van der Waals surface area contributed by atoms with Crippen LogP contribution in [0.5, 0.6) is 0 Å². The van der Waals surface area contributed by atoms with Crippen LogP contribution in [0.25, 0.3) is 0 Å². The summed E-state index contributed by atoms with van der Waals surface area (Å²) >= 11 is 0. The highest BCUT2D eigenvalue weighted by Gasteiger charge is 2.24. The summed E-state index contributed by atoms with van der Waals surface area (Å²) in [6.07, 6.45) is 0.641. The van der Waals surface area contributed by atoms with Crippen LogP contribution in [-0.2, 0) is 0 Å². The maximum atomic E-state index is 9.38. The molecular weight excluding hydrogens is 140 g/mol. The molecule has 0 saturated heterocycles. The lowest BCUT2D eigenvalue weighted by molar-refractivity contribution is -0.0470. The van der Waals surface area contributed by atoms with Crippen LogP contribution in [0.15, 0.2) is 12.2 Å². The molecule has 2 heteroatoms. The Labute approximate surface area is 68.6 Å². The lowest BCUT2D eigenvalue weighted by Crippen LogP contribution is -2.35. The Morgan fingerprint density at radius 2 is 2.00 bits per heavy atom. The van der Waals surface area contributed by atoms with Gasteiger partial charge in [0, 0.05) is 0 Å². The van der Waals surface area contributed by atoms with E-state index in [4.69, 9.17) is 0 Å². The number of hydrogen-bond acceptors (Lipinski definition) is 2. The molecule has 0 radical (unpaired) electrons.